The van der Waals surface area contributed by atoms with E-state index in [0.29, 0.717) is 11.5 Å². The number of nitrogens with one attached hydrogen (secondary N) is 2. The summed E-state index contributed by atoms with van der Waals surface area (Å²) in [5, 5.41) is 6.25. The molecule has 4 rings (SSSR count). The molecule has 0 atom stereocenters. The maximum atomic E-state index is 13.0. The van der Waals surface area contributed by atoms with Crippen LogP contribution < -0.4 is 15.5 Å². The molecule has 2 aromatic carbocycles. The lowest BCUT2D eigenvalue weighted by molar-refractivity contribution is 0.102. The van der Waals surface area contributed by atoms with E-state index in [0.717, 1.165) is 39.4 Å². The summed E-state index contributed by atoms with van der Waals surface area (Å²) in [5.74, 6) is 0.268. The average molecular weight is 439 g/mol. The molecule has 0 spiro atoms. The van der Waals surface area contributed by atoms with Gasteiger partial charge in [0.15, 0.2) is 0 Å². The first kappa shape index (κ1) is 22.0. The van der Waals surface area contributed by atoms with Crippen LogP contribution in [0, 0.1) is 13.8 Å². The molecule has 4 aromatic rings. The van der Waals surface area contributed by atoms with E-state index in [-0.39, 0.29) is 5.91 Å². The van der Waals surface area contributed by atoms with Crippen LogP contribution in [0.5, 0.6) is 0 Å². The second kappa shape index (κ2) is 9.48. The summed E-state index contributed by atoms with van der Waals surface area (Å²) in [7, 11) is 3.95. The molecule has 0 bridgehead atoms. The first-order valence-corrected chi connectivity index (χ1v) is 10.6. The number of nitrogens with zero attached hydrogens (tertiary/aromatic N) is 4. The Hall–Kier alpha value is -4.26. The molecule has 33 heavy (non-hydrogen) atoms. The van der Waals surface area contributed by atoms with Crippen molar-refractivity contribution in [3.63, 3.8) is 0 Å². The number of aromatic nitrogens is 3. The van der Waals surface area contributed by atoms with Crippen molar-refractivity contribution in [3.05, 3.63) is 89.9 Å². The molecule has 0 radical (unpaired) electrons. The van der Waals surface area contributed by atoms with E-state index in [1.54, 1.807) is 18.6 Å². The highest BCUT2D eigenvalue weighted by atomic mass is 16.1. The van der Waals surface area contributed by atoms with Gasteiger partial charge in [0.25, 0.3) is 5.91 Å². The Morgan fingerprint density at radius 2 is 1.82 bits per heavy atom. The number of carbonyl (C=O) groups excluding carboxylic acids is 1. The van der Waals surface area contributed by atoms with Crippen molar-refractivity contribution >= 4 is 28.9 Å². The van der Waals surface area contributed by atoms with Crippen molar-refractivity contribution in [2.75, 3.05) is 29.6 Å². The first-order valence-electron chi connectivity index (χ1n) is 10.6. The molecule has 0 aliphatic heterocycles. The number of hydrogen-bond acceptors (Lipinski definition) is 6. The Kier molecular flexibility index (Phi) is 6.31. The molecule has 0 fully saturated rings. The predicted octanol–water partition coefficient (Wildman–Crippen LogP) is 5.22. The van der Waals surface area contributed by atoms with Crippen LogP contribution in [0.2, 0.25) is 0 Å². The van der Waals surface area contributed by atoms with Gasteiger partial charge in [0.05, 0.1) is 5.69 Å². The molecule has 0 saturated carbocycles. The largest absolute Gasteiger partial charge is 0.378 e. The fourth-order valence-electron chi connectivity index (χ4n) is 3.41. The maximum Gasteiger partial charge on any atom is 0.255 e. The number of pyridine rings is 1. The van der Waals surface area contributed by atoms with Crippen molar-refractivity contribution in [2.45, 2.75) is 13.8 Å². The van der Waals surface area contributed by atoms with Gasteiger partial charge in [-0.05, 0) is 73.5 Å². The second-order valence-corrected chi connectivity index (χ2v) is 8.07. The number of carbonyl (C=O) groups is 1. The van der Waals surface area contributed by atoms with Gasteiger partial charge < -0.3 is 15.5 Å². The molecule has 0 aliphatic rings. The zero-order valence-electron chi connectivity index (χ0n) is 19.1. The van der Waals surface area contributed by atoms with Gasteiger partial charge >= 0.3 is 0 Å². The lowest BCUT2D eigenvalue weighted by Crippen LogP contribution is -2.14. The van der Waals surface area contributed by atoms with Crippen LogP contribution in [-0.2, 0) is 0 Å². The highest BCUT2D eigenvalue weighted by Gasteiger charge is 2.11. The number of amides is 1. The van der Waals surface area contributed by atoms with Gasteiger partial charge in [-0.3, -0.25) is 9.78 Å². The van der Waals surface area contributed by atoms with Gasteiger partial charge in [0.1, 0.15) is 0 Å². The Balaban J connectivity index is 1.56. The molecule has 2 N–H and O–H groups in total. The summed E-state index contributed by atoms with van der Waals surface area (Å²) in [5.41, 5.74) is 6.82. The molecule has 7 heteroatoms. The maximum absolute atomic E-state index is 13.0. The summed E-state index contributed by atoms with van der Waals surface area (Å²) in [4.78, 5) is 28.0. The Morgan fingerprint density at radius 3 is 2.58 bits per heavy atom. The Bertz CT molecular complexity index is 1290. The molecule has 166 valence electrons. The lowest BCUT2D eigenvalue weighted by Gasteiger charge is -2.16. The Labute approximate surface area is 193 Å². The van der Waals surface area contributed by atoms with Crippen LogP contribution in [0.4, 0.5) is 23.0 Å². The smallest absolute Gasteiger partial charge is 0.255 e. The minimum Gasteiger partial charge on any atom is -0.378 e. The van der Waals surface area contributed by atoms with Crippen LogP contribution in [-0.4, -0.2) is 35.0 Å². The minimum atomic E-state index is -0.182. The fourth-order valence-corrected chi connectivity index (χ4v) is 3.41. The molecular weight excluding hydrogens is 412 g/mol. The van der Waals surface area contributed by atoms with Crippen LogP contribution >= 0.6 is 0 Å². The van der Waals surface area contributed by atoms with E-state index < -0.39 is 0 Å². The number of benzene rings is 2. The van der Waals surface area contributed by atoms with Crippen LogP contribution in [0.1, 0.15) is 21.5 Å². The normalized spacial score (nSPS) is 10.5. The van der Waals surface area contributed by atoms with E-state index in [1.165, 1.54) is 0 Å². The first-order chi connectivity index (χ1) is 15.9. The van der Waals surface area contributed by atoms with Crippen molar-refractivity contribution in [1.29, 1.82) is 0 Å². The van der Waals surface area contributed by atoms with E-state index in [4.69, 9.17) is 0 Å². The zero-order chi connectivity index (χ0) is 23.4. The van der Waals surface area contributed by atoms with Crippen molar-refractivity contribution in [1.82, 2.24) is 15.0 Å². The fraction of sp³-hybridized carbons (Fsp3) is 0.154. The lowest BCUT2D eigenvalue weighted by atomic mass is 10.1. The van der Waals surface area contributed by atoms with Gasteiger partial charge in [-0.2, -0.15) is 0 Å². The standard InChI is InChI=1S/C26H26N6O/c1-17-12-21(15-22(13-17)32(3)4)29-25(33)19-8-7-18(2)24(14-19)31-26-28-11-9-23(30-26)20-6-5-10-27-16-20/h5-16H,1-4H3,(H,29,33)(H,28,30,31). The molecule has 0 aliphatic carbocycles. The SMILES string of the molecule is Cc1cc(NC(=O)c2ccc(C)c(Nc3nccc(-c4cccnc4)n3)c2)cc(N(C)C)c1. The second-order valence-electron chi connectivity index (χ2n) is 8.07. The average Bonchev–Trinajstić information content (AvgIpc) is 2.81. The number of hydrogen-bond donors (Lipinski definition) is 2. The number of anilines is 4. The monoisotopic (exact) mass is 438 g/mol. The van der Waals surface area contributed by atoms with Crippen molar-refractivity contribution in [2.24, 2.45) is 0 Å². The van der Waals surface area contributed by atoms with Crippen molar-refractivity contribution < 1.29 is 4.79 Å². The van der Waals surface area contributed by atoms with Gasteiger partial charge in [0.2, 0.25) is 5.95 Å². The third kappa shape index (κ3) is 5.33. The third-order valence-corrected chi connectivity index (χ3v) is 5.20. The van der Waals surface area contributed by atoms with Crippen molar-refractivity contribution in [3.8, 4) is 11.3 Å². The highest BCUT2D eigenvalue weighted by Crippen LogP contribution is 2.24. The third-order valence-electron chi connectivity index (χ3n) is 5.20. The summed E-state index contributed by atoms with van der Waals surface area (Å²) in [6.07, 6.45) is 5.18. The van der Waals surface area contributed by atoms with E-state index in [9.17, 15) is 4.79 Å². The van der Waals surface area contributed by atoms with Gasteiger partial charge in [-0.1, -0.05) is 6.07 Å². The minimum absolute atomic E-state index is 0.182. The Morgan fingerprint density at radius 1 is 0.970 bits per heavy atom. The van der Waals surface area contributed by atoms with E-state index >= 15 is 0 Å². The summed E-state index contributed by atoms with van der Waals surface area (Å²) in [6, 6.07) is 17.2. The quantitative estimate of drug-likeness (QED) is 0.430. The molecule has 0 unspecified atom stereocenters. The van der Waals surface area contributed by atoms with E-state index in [2.05, 4.69) is 31.7 Å². The predicted molar refractivity (Wildman–Crippen MR) is 133 cm³/mol. The topological polar surface area (TPSA) is 83.0 Å². The number of rotatable bonds is 6. The number of aryl methyl sites for hydroxylation is 2. The molecule has 7 nitrogen and oxygen atoms in total. The molecular formula is C26H26N6O. The highest BCUT2D eigenvalue weighted by molar-refractivity contribution is 6.05. The van der Waals surface area contributed by atoms with Crippen LogP contribution in [0.25, 0.3) is 11.3 Å². The molecule has 1 amide bonds. The summed E-state index contributed by atoms with van der Waals surface area (Å²) >= 11 is 0. The molecule has 0 saturated heterocycles. The van der Waals surface area contributed by atoms with Gasteiger partial charge in [-0.25, -0.2) is 9.97 Å². The van der Waals surface area contributed by atoms with Gasteiger partial charge in [0, 0.05) is 60.9 Å². The summed E-state index contributed by atoms with van der Waals surface area (Å²) in [6.45, 7) is 3.98. The molecule has 2 aromatic heterocycles. The van der Waals surface area contributed by atoms with Crippen LogP contribution in [0.15, 0.2) is 73.2 Å². The van der Waals surface area contributed by atoms with Crippen LogP contribution in [0.3, 0.4) is 0 Å². The van der Waals surface area contributed by atoms with Gasteiger partial charge in [-0.15, -0.1) is 0 Å². The zero-order valence-corrected chi connectivity index (χ0v) is 19.1. The molecule has 2 heterocycles. The van der Waals surface area contributed by atoms with E-state index in [1.807, 2.05) is 81.4 Å². The summed E-state index contributed by atoms with van der Waals surface area (Å²) < 4.78 is 0.